The van der Waals surface area contributed by atoms with Gasteiger partial charge in [-0.25, -0.2) is 0 Å². The normalized spacial score (nSPS) is 8.75. The Bertz CT molecular complexity index is 101. The number of hydrogen-bond donors (Lipinski definition) is 0. The van der Waals surface area contributed by atoms with Gasteiger partial charge in [0, 0.05) is 5.92 Å². The molecule has 0 rings (SSSR count). The molecular weight excluding hydrogens is 96.1 g/mol. The van der Waals surface area contributed by atoms with Crippen molar-refractivity contribution in [1.82, 2.24) is 0 Å². The van der Waals surface area contributed by atoms with E-state index in [-0.39, 0.29) is 5.92 Å². The molecule has 0 fully saturated rings. The molecule has 0 aliphatic carbocycles. The van der Waals surface area contributed by atoms with Gasteiger partial charge < -0.3 is 0 Å². The van der Waals surface area contributed by atoms with Crippen molar-refractivity contribution in [2.75, 3.05) is 0 Å². The van der Waals surface area contributed by atoms with E-state index in [1.165, 1.54) is 0 Å². The van der Waals surface area contributed by atoms with Gasteiger partial charge in [-0.05, 0) is 6.92 Å². The minimum absolute atomic E-state index is 0.287. The molecule has 0 aliphatic heterocycles. The van der Waals surface area contributed by atoms with Crippen LogP contribution < -0.4 is 0 Å². The van der Waals surface area contributed by atoms with E-state index >= 15 is 0 Å². The van der Waals surface area contributed by atoms with Crippen LogP contribution in [-0.4, -0.2) is 0 Å². The van der Waals surface area contributed by atoms with Crippen molar-refractivity contribution in [3.63, 3.8) is 0 Å². The van der Waals surface area contributed by atoms with E-state index < -0.39 is 0 Å². The highest BCUT2D eigenvalue weighted by Gasteiger charge is 1.94. The highest BCUT2D eigenvalue weighted by Crippen LogP contribution is 2.08. The predicted octanol–water partition coefficient (Wildman–Crippen LogP) is 2.55. The van der Waals surface area contributed by atoms with Crippen LogP contribution in [0.4, 0.5) is 0 Å². The van der Waals surface area contributed by atoms with Crippen molar-refractivity contribution in [3.8, 4) is 0 Å². The van der Waals surface area contributed by atoms with Crippen LogP contribution in [0, 0.1) is 5.92 Å². The van der Waals surface area contributed by atoms with Gasteiger partial charge in [0.15, 0.2) is 0 Å². The fourth-order valence-electron chi connectivity index (χ4n) is 0.499. The van der Waals surface area contributed by atoms with Crippen LogP contribution in [0.1, 0.15) is 6.92 Å². The van der Waals surface area contributed by atoms with Crippen molar-refractivity contribution in [3.05, 3.63) is 37.5 Å². The first-order chi connectivity index (χ1) is 3.72. The SMILES string of the molecule is C=CC(C=C)C(=C)C. The maximum atomic E-state index is 3.75. The summed E-state index contributed by atoms with van der Waals surface area (Å²) in [7, 11) is 0. The third kappa shape index (κ3) is 1.78. The Labute approximate surface area is 51.2 Å². The minimum atomic E-state index is 0.287. The Hall–Kier alpha value is -0.780. The molecule has 0 aromatic carbocycles. The van der Waals surface area contributed by atoms with Crippen molar-refractivity contribution >= 4 is 0 Å². The van der Waals surface area contributed by atoms with Gasteiger partial charge in [0.2, 0.25) is 0 Å². The molecular formula is C8H12. The van der Waals surface area contributed by atoms with E-state index in [0.717, 1.165) is 5.57 Å². The molecule has 0 atom stereocenters. The number of rotatable bonds is 3. The lowest BCUT2D eigenvalue weighted by atomic mass is 10.0. The molecule has 8 heavy (non-hydrogen) atoms. The molecule has 44 valence electrons. The quantitative estimate of drug-likeness (QED) is 0.487. The topological polar surface area (TPSA) is 0 Å². The summed E-state index contributed by atoms with van der Waals surface area (Å²) < 4.78 is 0. The zero-order valence-corrected chi connectivity index (χ0v) is 5.35. The Morgan fingerprint density at radius 2 is 1.75 bits per heavy atom. The third-order valence-electron chi connectivity index (χ3n) is 1.08. The summed E-state index contributed by atoms with van der Waals surface area (Å²) >= 11 is 0. The molecule has 0 spiro atoms. The lowest BCUT2D eigenvalue weighted by molar-refractivity contribution is 0.982. The second-order valence-corrected chi connectivity index (χ2v) is 1.84. The van der Waals surface area contributed by atoms with Crippen LogP contribution in [0.15, 0.2) is 37.5 Å². The van der Waals surface area contributed by atoms with Crippen molar-refractivity contribution in [1.29, 1.82) is 0 Å². The van der Waals surface area contributed by atoms with Crippen LogP contribution in [0.25, 0.3) is 0 Å². The van der Waals surface area contributed by atoms with Gasteiger partial charge in [0.05, 0.1) is 0 Å². The van der Waals surface area contributed by atoms with E-state index in [1.807, 2.05) is 19.1 Å². The van der Waals surface area contributed by atoms with Gasteiger partial charge in [-0.2, -0.15) is 0 Å². The first kappa shape index (κ1) is 7.22. The van der Waals surface area contributed by atoms with Gasteiger partial charge in [-0.15, -0.1) is 13.2 Å². The van der Waals surface area contributed by atoms with Gasteiger partial charge in [0.1, 0.15) is 0 Å². The van der Waals surface area contributed by atoms with Crippen LogP contribution in [-0.2, 0) is 0 Å². The molecule has 0 saturated heterocycles. The van der Waals surface area contributed by atoms with Crippen molar-refractivity contribution < 1.29 is 0 Å². The molecule has 0 radical (unpaired) electrons. The average Bonchev–Trinajstić information content (AvgIpc) is 1.69. The van der Waals surface area contributed by atoms with E-state index in [9.17, 15) is 0 Å². The van der Waals surface area contributed by atoms with E-state index in [0.29, 0.717) is 0 Å². The lowest BCUT2D eigenvalue weighted by Crippen LogP contribution is -1.88. The Morgan fingerprint density at radius 3 is 1.75 bits per heavy atom. The summed E-state index contributed by atoms with van der Waals surface area (Å²) in [6.45, 7) is 13.0. The first-order valence-electron chi connectivity index (χ1n) is 2.63. The molecule has 0 heteroatoms. The van der Waals surface area contributed by atoms with E-state index in [1.54, 1.807) is 0 Å². The summed E-state index contributed by atoms with van der Waals surface area (Å²) in [6.07, 6.45) is 3.66. The van der Waals surface area contributed by atoms with Crippen LogP contribution in [0.3, 0.4) is 0 Å². The second-order valence-electron chi connectivity index (χ2n) is 1.84. The standard InChI is InChI=1S/C8H12/c1-5-8(6-2)7(3)4/h5-6,8H,1-3H2,4H3. The molecule has 0 amide bonds. The van der Waals surface area contributed by atoms with Gasteiger partial charge in [0.25, 0.3) is 0 Å². The third-order valence-corrected chi connectivity index (χ3v) is 1.08. The highest BCUT2D eigenvalue weighted by molar-refractivity contribution is 5.11. The average molecular weight is 108 g/mol. The summed E-state index contributed by atoms with van der Waals surface area (Å²) in [5.74, 6) is 0.287. The molecule has 0 aromatic rings. The Kier molecular flexibility index (Phi) is 2.93. The number of allylic oxidation sites excluding steroid dienone is 3. The Morgan fingerprint density at radius 1 is 1.38 bits per heavy atom. The second kappa shape index (κ2) is 3.25. The highest BCUT2D eigenvalue weighted by atomic mass is 14.0. The smallest absolute Gasteiger partial charge is 0.0146 e. The van der Waals surface area contributed by atoms with Crippen LogP contribution in [0.2, 0.25) is 0 Å². The maximum Gasteiger partial charge on any atom is 0.0146 e. The van der Waals surface area contributed by atoms with Gasteiger partial charge in [-0.3, -0.25) is 0 Å². The fourth-order valence-corrected chi connectivity index (χ4v) is 0.499. The Balaban J connectivity index is 3.88. The molecule has 0 N–H and O–H groups in total. The van der Waals surface area contributed by atoms with E-state index in [2.05, 4.69) is 19.7 Å². The molecule has 0 aromatic heterocycles. The molecule has 0 bridgehead atoms. The minimum Gasteiger partial charge on any atom is -0.102 e. The fraction of sp³-hybridized carbons (Fsp3) is 0.250. The van der Waals surface area contributed by atoms with Gasteiger partial charge >= 0.3 is 0 Å². The summed E-state index contributed by atoms with van der Waals surface area (Å²) in [4.78, 5) is 0. The summed E-state index contributed by atoms with van der Waals surface area (Å²) in [5, 5.41) is 0. The zero-order valence-electron chi connectivity index (χ0n) is 5.35. The summed E-state index contributed by atoms with van der Waals surface area (Å²) in [5.41, 5.74) is 1.09. The van der Waals surface area contributed by atoms with Crippen LogP contribution >= 0.6 is 0 Å². The monoisotopic (exact) mass is 108 g/mol. The predicted molar refractivity (Wildman–Crippen MR) is 38.7 cm³/mol. The lowest BCUT2D eigenvalue weighted by Gasteiger charge is -2.02. The molecule has 0 nitrogen and oxygen atoms in total. The molecule has 0 aliphatic rings. The maximum absolute atomic E-state index is 3.75. The summed E-state index contributed by atoms with van der Waals surface area (Å²) in [6, 6.07) is 0. The van der Waals surface area contributed by atoms with Crippen LogP contribution in [0.5, 0.6) is 0 Å². The molecule has 0 heterocycles. The molecule has 0 saturated carbocycles. The largest absolute Gasteiger partial charge is 0.102 e. The van der Waals surface area contributed by atoms with E-state index in [4.69, 9.17) is 0 Å². The number of hydrogen-bond acceptors (Lipinski definition) is 0. The zero-order chi connectivity index (χ0) is 6.57. The van der Waals surface area contributed by atoms with Gasteiger partial charge in [-0.1, -0.05) is 24.3 Å². The van der Waals surface area contributed by atoms with Crippen molar-refractivity contribution in [2.24, 2.45) is 5.92 Å². The van der Waals surface area contributed by atoms with Crippen molar-refractivity contribution in [2.45, 2.75) is 6.92 Å². The first-order valence-corrected chi connectivity index (χ1v) is 2.63. The molecule has 0 unspecified atom stereocenters.